The lowest BCUT2D eigenvalue weighted by Crippen LogP contribution is -2.55. The lowest BCUT2D eigenvalue weighted by molar-refractivity contribution is -0.147. The Morgan fingerprint density at radius 1 is 1.35 bits per heavy atom. The van der Waals surface area contributed by atoms with Gasteiger partial charge in [0, 0.05) is 6.54 Å². The topological polar surface area (TPSA) is 84.7 Å². The van der Waals surface area contributed by atoms with E-state index in [-0.39, 0.29) is 18.5 Å². The van der Waals surface area contributed by atoms with Gasteiger partial charge in [0.25, 0.3) is 0 Å². The van der Waals surface area contributed by atoms with E-state index in [1.54, 1.807) is 4.90 Å². The summed E-state index contributed by atoms with van der Waals surface area (Å²) in [5.74, 6) is -0.432. The second kappa shape index (κ2) is 5.46. The number of amides is 2. The van der Waals surface area contributed by atoms with E-state index in [1.807, 2.05) is 0 Å². The summed E-state index contributed by atoms with van der Waals surface area (Å²) in [7, 11) is 0. The molecule has 2 amide bonds. The van der Waals surface area contributed by atoms with E-state index in [0.717, 1.165) is 25.8 Å². The van der Waals surface area contributed by atoms with Crippen LogP contribution in [0.4, 0.5) is 0 Å². The lowest BCUT2D eigenvalue weighted by Gasteiger charge is -2.35. The zero-order chi connectivity index (χ0) is 12.3. The molecule has 0 bridgehead atoms. The molecule has 0 aromatic rings. The molecule has 0 aromatic carbocycles. The Hall–Kier alpha value is -1.14. The van der Waals surface area contributed by atoms with Crippen LogP contribution in [0.1, 0.15) is 19.3 Å². The predicted molar refractivity (Wildman–Crippen MR) is 61.2 cm³/mol. The molecule has 17 heavy (non-hydrogen) atoms. The first-order valence-corrected chi connectivity index (χ1v) is 6.11. The van der Waals surface area contributed by atoms with Gasteiger partial charge in [-0.2, -0.15) is 0 Å². The summed E-state index contributed by atoms with van der Waals surface area (Å²) >= 11 is 0. The van der Waals surface area contributed by atoms with Crippen molar-refractivity contribution in [3.63, 3.8) is 0 Å². The summed E-state index contributed by atoms with van der Waals surface area (Å²) in [5.41, 5.74) is 5.19. The minimum Gasteiger partial charge on any atom is -0.367 e. The van der Waals surface area contributed by atoms with Crippen LogP contribution in [0.25, 0.3) is 0 Å². The monoisotopic (exact) mass is 241 g/mol. The molecule has 0 unspecified atom stereocenters. The Morgan fingerprint density at radius 2 is 2.18 bits per heavy atom. The maximum Gasteiger partial charge on any atom is 0.248 e. The summed E-state index contributed by atoms with van der Waals surface area (Å²) < 4.78 is 5.22. The van der Waals surface area contributed by atoms with Gasteiger partial charge in [-0.3, -0.25) is 9.59 Å². The Labute approximate surface area is 100 Å². The van der Waals surface area contributed by atoms with E-state index in [9.17, 15) is 9.59 Å². The molecule has 0 spiro atoms. The van der Waals surface area contributed by atoms with Crippen LogP contribution in [0, 0.1) is 0 Å². The number of rotatable bonds is 2. The molecule has 0 aromatic heterocycles. The number of morpholine rings is 1. The van der Waals surface area contributed by atoms with Gasteiger partial charge in [-0.15, -0.1) is 0 Å². The smallest absolute Gasteiger partial charge is 0.248 e. The summed E-state index contributed by atoms with van der Waals surface area (Å²) in [6, 6.07) is -0.102. The van der Waals surface area contributed by atoms with Gasteiger partial charge in [0.05, 0.1) is 19.2 Å². The summed E-state index contributed by atoms with van der Waals surface area (Å²) in [5, 5.41) is 3.21. The fourth-order valence-corrected chi connectivity index (χ4v) is 2.30. The third kappa shape index (κ3) is 2.95. The minimum atomic E-state index is -0.656. The SMILES string of the molecule is NC(=O)[C@H]1CN(C(=O)[C@@H]2CCCCN2)CCO1. The minimum absolute atomic E-state index is 0.0688. The Morgan fingerprint density at radius 3 is 2.82 bits per heavy atom. The van der Waals surface area contributed by atoms with Crippen LogP contribution in [-0.4, -0.2) is 55.1 Å². The molecule has 2 atom stereocenters. The zero-order valence-corrected chi connectivity index (χ0v) is 9.85. The van der Waals surface area contributed by atoms with Gasteiger partial charge in [-0.25, -0.2) is 0 Å². The molecule has 96 valence electrons. The first kappa shape index (κ1) is 12.3. The molecule has 3 N–H and O–H groups in total. The maximum absolute atomic E-state index is 12.2. The van der Waals surface area contributed by atoms with Crippen molar-refractivity contribution in [3.8, 4) is 0 Å². The van der Waals surface area contributed by atoms with E-state index in [0.29, 0.717) is 13.2 Å². The largest absolute Gasteiger partial charge is 0.367 e. The number of nitrogens with two attached hydrogens (primary N) is 1. The van der Waals surface area contributed by atoms with E-state index >= 15 is 0 Å². The molecular weight excluding hydrogens is 222 g/mol. The van der Waals surface area contributed by atoms with Gasteiger partial charge in [0.15, 0.2) is 6.10 Å². The number of nitrogens with one attached hydrogen (secondary N) is 1. The Kier molecular flexibility index (Phi) is 3.96. The number of piperidine rings is 1. The summed E-state index contributed by atoms with van der Waals surface area (Å²) in [6.07, 6.45) is 2.41. The summed E-state index contributed by atoms with van der Waals surface area (Å²) in [4.78, 5) is 24.9. The number of primary amides is 1. The van der Waals surface area contributed by atoms with Gasteiger partial charge in [-0.05, 0) is 19.4 Å². The highest BCUT2D eigenvalue weighted by Gasteiger charge is 2.31. The first-order valence-electron chi connectivity index (χ1n) is 6.11. The second-order valence-electron chi connectivity index (χ2n) is 4.55. The number of carbonyl (C=O) groups is 2. The number of nitrogens with zero attached hydrogens (tertiary/aromatic N) is 1. The Bertz CT molecular complexity index is 302. The van der Waals surface area contributed by atoms with E-state index in [4.69, 9.17) is 10.5 Å². The highest BCUT2D eigenvalue weighted by Crippen LogP contribution is 2.12. The molecule has 2 aliphatic heterocycles. The van der Waals surface area contributed by atoms with Gasteiger partial charge in [0.1, 0.15) is 0 Å². The zero-order valence-electron chi connectivity index (χ0n) is 9.85. The normalized spacial score (nSPS) is 30.0. The molecule has 2 saturated heterocycles. The third-order valence-electron chi connectivity index (χ3n) is 3.30. The quantitative estimate of drug-likeness (QED) is 0.639. The molecule has 0 radical (unpaired) electrons. The van der Waals surface area contributed by atoms with Crippen molar-refractivity contribution in [3.05, 3.63) is 0 Å². The average molecular weight is 241 g/mol. The molecule has 6 nitrogen and oxygen atoms in total. The van der Waals surface area contributed by atoms with Crippen LogP contribution < -0.4 is 11.1 Å². The number of hydrogen-bond acceptors (Lipinski definition) is 4. The molecule has 2 fully saturated rings. The maximum atomic E-state index is 12.2. The molecule has 2 aliphatic rings. The van der Waals surface area contributed by atoms with Crippen molar-refractivity contribution in [2.75, 3.05) is 26.2 Å². The molecular formula is C11H19N3O3. The van der Waals surface area contributed by atoms with E-state index < -0.39 is 12.0 Å². The summed E-state index contributed by atoms with van der Waals surface area (Å²) in [6.45, 7) is 2.10. The van der Waals surface area contributed by atoms with Crippen molar-refractivity contribution >= 4 is 11.8 Å². The van der Waals surface area contributed by atoms with Crippen LogP contribution in [0.15, 0.2) is 0 Å². The van der Waals surface area contributed by atoms with Crippen molar-refractivity contribution in [2.24, 2.45) is 5.73 Å². The molecule has 2 heterocycles. The average Bonchev–Trinajstić information content (AvgIpc) is 2.39. The van der Waals surface area contributed by atoms with Gasteiger partial charge in [-0.1, -0.05) is 6.42 Å². The first-order chi connectivity index (χ1) is 8.18. The van der Waals surface area contributed by atoms with Crippen LogP contribution in [-0.2, 0) is 14.3 Å². The van der Waals surface area contributed by atoms with E-state index in [2.05, 4.69) is 5.32 Å². The van der Waals surface area contributed by atoms with Crippen molar-refractivity contribution < 1.29 is 14.3 Å². The van der Waals surface area contributed by atoms with Crippen LogP contribution >= 0.6 is 0 Å². The number of carbonyl (C=O) groups excluding carboxylic acids is 2. The fraction of sp³-hybridized carbons (Fsp3) is 0.818. The van der Waals surface area contributed by atoms with E-state index in [1.165, 1.54) is 0 Å². The standard InChI is InChI=1S/C11H19N3O3/c12-10(15)9-7-14(5-6-17-9)11(16)8-3-1-2-4-13-8/h8-9,13H,1-7H2,(H2,12,15)/t8-,9+/m0/s1. The van der Waals surface area contributed by atoms with Crippen molar-refractivity contribution in [1.29, 1.82) is 0 Å². The predicted octanol–water partition coefficient (Wildman–Crippen LogP) is -1.16. The Balaban J connectivity index is 1.91. The molecule has 0 saturated carbocycles. The van der Waals surface area contributed by atoms with Gasteiger partial charge < -0.3 is 20.7 Å². The molecule has 6 heteroatoms. The van der Waals surface area contributed by atoms with Crippen molar-refractivity contribution in [2.45, 2.75) is 31.4 Å². The molecule has 0 aliphatic carbocycles. The highest BCUT2D eigenvalue weighted by atomic mass is 16.5. The lowest BCUT2D eigenvalue weighted by atomic mass is 10.0. The van der Waals surface area contributed by atoms with Gasteiger partial charge >= 0.3 is 0 Å². The van der Waals surface area contributed by atoms with Gasteiger partial charge in [0.2, 0.25) is 11.8 Å². The van der Waals surface area contributed by atoms with Crippen LogP contribution in [0.2, 0.25) is 0 Å². The second-order valence-corrected chi connectivity index (χ2v) is 4.55. The van der Waals surface area contributed by atoms with Crippen LogP contribution in [0.3, 0.4) is 0 Å². The third-order valence-corrected chi connectivity index (χ3v) is 3.30. The number of hydrogen-bond donors (Lipinski definition) is 2. The van der Waals surface area contributed by atoms with Crippen LogP contribution in [0.5, 0.6) is 0 Å². The fourth-order valence-electron chi connectivity index (χ4n) is 2.30. The van der Waals surface area contributed by atoms with Crippen molar-refractivity contribution in [1.82, 2.24) is 10.2 Å². The highest BCUT2D eigenvalue weighted by molar-refractivity contribution is 5.84. The number of ether oxygens (including phenoxy) is 1. The molecule has 2 rings (SSSR count).